The highest BCUT2D eigenvalue weighted by Gasteiger charge is 2.20. The summed E-state index contributed by atoms with van der Waals surface area (Å²) in [6, 6.07) is 19.2. The number of rotatable bonds is 2. The molecule has 0 saturated heterocycles. The van der Waals surface area contributed by atoms with Gasteiger partial charge in [0.1, 0.15) is 23.5 Å². The van der Waals surface area contributed by atoms with Gasteiger partial charge in [0.05, 0.1) is 11.3 Å². The van der Waals surface area contributed by atoms with Gasteiger partial charge in [-0.15, -0.1) is 0 Å². The van der Waals surface area contributed by atoms with Gasteiger partial charge in [-0.2, -0.15) is 10.5 Å². The minimum atomic E-state index is 0.308. The predicted molar refractivity (Wildman–Crippen MR) is 94.2 cm³/mol. The number of fused-ring (bicyclic) bond motifs is 1. The molecule has 0 spiro atoms. The molecule has 6 nitrogen and oxygen atoms in total. The van der Waals surface area contributed by atoms with Gasteiger partial charge in [-0.05, 0) is 30.3 Å². The number of benzene rings is 1. The Labute approximate surface area is 143 Å². The first-order valence-electron chi connectivity index (χ1n) is 7.58. The van der Waals surface area contributed by atoms with Crippen LogP contribution < -0.4 is 5.73 Å². The van der Waals surface area contributed by atoms with Crippen molar-refractivity contribution in [3.63, 3.8) is 0 Å². The van der Waals surface area contributed by atoms with E-state index in [2.05, 4.69) is 17.1 Å². The maximum Gasteiger partial charge on any atom is 0.157 e. The van der Waals surface area contributed by atoms with Crippen molar-refractivity contribution in [2.24, 2.45) is 0 Å². The summed E-state index contributed by atoms with van der Waals surface area (Å²) in [5, 5.41) is 19.7. The first kappa shape index (κ1) is 14.6. The third kappa shape index (κ3) is 2.13. The van der Waals surface area contributed by atoms with E-state index in [9.17, 15) is 10.5 Å². The number of aromatic nitrogens is 3. The molecule has 25 heavy (non-hydrogen) atoms. The molecule has 1 aromatic carbocycles. The molecule has 0 fully saturated rings. The summed E-state index contributed by atoms with van der Waals surface area (Å²) in [6.07, 6.45) is 3.64. The summed E-state index contributed by atoms with van der Waals surface area (Å²) < 4.78 is 3.49. The smallest absolute Gasteiger partial charge is 0.157 e. The lowest BCUT2D eigenvalue weighted by molar-refractivity contribution is 0.989. The van der Waals surface area contributed by atoms with Crippen molar-refractivity contribution in [3.05, 3.63) is 72.2 Å². The lowest BCUT2D eigenvalue weighted by Gasteiger charge is -2.09. The van der Waals surface area contributed by atoms with Crippen molar-refractivity contribution in [2.45, 2.75) is 0 Å². The zero-order valence-electron chi connectivity index (χ0n) is 13.1. The maximum absolute atomic E-state index is 9.59. The zero-order chi connectivity index (χ0) is 17.4. The Morgan fingerprint density at radius 1 is 0.960 bits per heavy atom. The Morgan fingerprint density at radius 3 is 2.32 bits per heavy atom. The number of nitrogens with zero attached hydrogens (tertiary/aromatic N) is 5. The van der Waals surface area contributed by atoms with E-state index in [-0.39, 0.29) is 0 Å². The van der Waals surface area contributed by atoms with Gasteiger partial charge >= 0.3 is 0 Å². The number of pyridine rings is 1. The Balaban J connectivity index is 2.14. The Hall–Kier alpha value is -4.03. The Morgan fingerprint density at radius 2 is 1.68 bits per heavy atom. The molecule has 118 valence electrons. The fourth-order valence-corrected chi connectivity index (χ4v) is 2.91. The fourth-order valence-electron chi connectivity index (χ4n) is 2.91. The average molecular weight is 324 g/mol. The number of anilines is 1. The zero-order valence-corrected chi connectivity index (χ0v) is 13.1. The topological polar surface area (TPSA) is 96.3 Å². The molecule has 0 aliphatic rings. The van der Waals surface area contributed by atoms with Crippen LogP contribution >= 0.6 is 0 Å². The van der Waals surface area contributed by atoms with Gasteiger partial charge in [-0.25, -0.2) is 4.98 Å². The molecule has 6 heteroatoms. The van der Waals surface area contributed by atoms with Crippen LogP contribution in [0.25, 0.3) is 22.5 Å². The van der Waals surface area contributed by atoms with Gasteiger partial charge < -0.3 is 10.3 Å². The van der Waals surface area contributed by atoms with Crippen LogP contribution in [0.4, 0.5) is 5.69 Å². The van der Waals surface area contributed by atoms with Gasteiger partial charge in [0.2, 0.25) is 0 Å². The van der Waals surface area contributed by atoms with E-state index in [4.69, 9.17) is 5.73 Å². The minimum absolute atomic E-state index is 0.308. The second-order valence-electron chi connectivity index (χ2n) is 5.48. The van der Waals surface area contributed by atoms with Crippen molar-refractivity contribution in [3.8, 4) is 23.6 Å². The number of hydrogen-bond acceptors (Lipinski definition) is 4. The van der Waals surface area contributed by atoms with E-state index in [0.29, 0.717) is 33.8 Å². The third-order valence-electron chi connectivity index (χ3n) is 4.05. The predicted octanol–water partition coefficient (Wildman–Crippen LogP) is 3.14. The summed E-state index contributed by atoms with van der Waals surface area (Å²) in [5.41, 5.74) is 8.54. The van der Waals surface area contributed by atoms with Gasteiger partial charge in [0.15, 0.2) is 5.82 Å². The SMILES string of the molecule is N#Cc1cc2c(N)c(C#N)n(-c3ccccc3)c2nc1-n1cccc1. The van der Waals surface area contributed by atoms with E-state index in [1.807, 2.05) is 54.9 Å². The highest BCUT2D eigenvalue weighted by Crippen LogP contribution is 2.32. The summed E-state index contributed by atoms with van der Waals surface area (Å²) >= 11 is 0. The van der Waals surface area contributed by atoms with E-state index in [1.54, 1.807) is 15.2 Å². The van der Waals surface area contributed by atoms with Crippen LogP contribution in [0, 0.1) is 22.7 Å². The second kappa shape index (κ2) is 5.55. The van der Waals surface area contributed by atoms with E-state index in [1.165, 1.54) is 0 Å². The molecule has 0 radical (unpaired) electrons. The van der Waals surface area contributed by atoms with Crippen LogP contribution in [-0.2, 0) is 0 Å². The molecular weight excluding hydrogens is 312 g/mol. The normalized spacial score (nSPS) is 10.5. The number of hydrogen-bond donors (Lipinski definition) is 1. The molecule has 3 heterocycles. The van der Waals surface area contributed by atoms with Crippen LogP contribution in [-0.4, -0.2) is 14.1 Å². The summed E-state index contributed by atoms with van der Waals surface area (Å²) in [4.78, 5) is 4.67. The van der Waals surface area contributed by atoms with Gasteiger partial charge in [-0.1, -0.05) is 18.2 Å². The van der Waals surface area contributed by atoms with Crippen molar-refractivity contribution in [1.29, 1.82) is 10.5 Å². The Bertz CT molecular complexity index is 1160. The standard InChI is InChI=1S/C19H12N6/c20-11-13-10-15-17(22)16(12-21)25(14-6-2-1-3-7-14)19(15)23-18(13)24-8-4-5-9-24/h1-10H,22H2. The molecule has 0 bridgehead atoms. The minimum Gasteiger partial charge on any atom is -0.396 e. The highest BCUT2D eigenvalue weighted by molar-refractivity contribution is 5.96. The monoisotopic (exact) mass is 324 g/mol. The number of para-hydroxylation sites is 1. The van der Waals surface area contributed by atoms with Crippen LogP contribution in [0.1, 0.15) is 11.3 Å². The molecular formula is C19H12N6. The molecule has 0 saturated carbocycles. The number of nitriles is 2. The molecule has 0 amide bonds. The van der Waals surface area contributed by atoms with E-state index >= 15 is 0 Å². The van der Waals surface area contributed by atoms with Gasteiger partial charge in [-0.3, -0.25) is 4.57 Å². The fraction of sp³-hybridized carbons (Fsp3) is 0. The second-order valence-corrected chi connectivity index (χ2v) is 5.48. The maximum atomic E-state index is 9.59. The van der Waals surface area contributed by atoms with Crippen LogP contribution in [0.5, 0.6) is 0 Å². The van der Waals surface area contributed by atoms with Crippen molar-refractivity contribution < 1.29 is 0 Å². The Kier molecular flexibility index (Phi) is 3.23. The molecule has 0 unspecified atom stereocenters. The largest absolute Gasteiger partial charge is 0.396 e. The summed E-state index contributed by atoms with van der Waals surface area (Å²) in [5.74, 6) is 0.499. The molecule has 0 aliphatic carbocycles. The van der Waals surface area contributed by atoms with Crippen molar-refractivity contribution >= 4 is 16.7 Å². The number of nitrogen functional groups attached to an aromatic ring is 1. The van der Waals surface area contributed by atoms with Crippen LogP contribution in [0.2, 0.25) is 0 Å². The number of nitrogens with two attached hydrogens (primary N) is 1. The van der Waals surface area contributed by atoms with Crippen molar-refractivity contribution in [2.75, 3.05) is 5.73 Å². The molecule has 3 aromatic heterocycles. The first-order chi connectivity index (χ1) is 12.2. The van der Waals surface area contributed by atoms with E-state index < -0.39 is 0 Å². The summed E-state index contributed by atoms with van der Waals surface area (Å²) in [7, 11) is 0. The molecule has 4 rings (SSSR count). The lowest BCUT2D eigenvalue weighted by atomic mass is 10.2. The van der Waals surface area contributed by atoms with Crippen LogP contribution in [0.3, 0.4) is 0 Å². The van der Waals surface area contributed by atoms with E-state index in [0.717, 1.165) is 5.69 Å². The summed E-state index contributed by atoms with van der Waals surface area (Å²) in [6.45, 7) is 0. The van der Waals surface area contributed by atoms with Crippen LogP contribution in [0.15, 0.2) is 60.9 Å². The lowest BCUT2D eigenvalue weighted by Crippen LogP contribution is -2.03. The molecule has 0 atom stereocenters. The third-order valence-corrected chi connectivity index (χ3v) is 4.05. The van der Waals surface area contributed by atoms with Gasteiger partial charge in [0.25, 0.3) is 0 Å². The van der Waals surface area contributed by atoms with Crippen molar-refractivity contribution in [1.82, 2.24) is 14.1 Å². The molecule has 2 N–H and O–H groups in total. The first-order valence-corrected chi connectivity index (χ1v) is 7.58. The molecule has 4 aromatic rings. The highest BCUT2D eigenvalue weighted by atomic mass is 15.1. The quantitative estimate of drug-likeness (QED) is 0.612. The van der Waals surface area contributed by atoms with Gasteiger partial charge in [0, 0.05) is 23.5 Å². The molecule has 0 aliphatic heterocycles. The average Bonchev–Trinajstić information content (AvgIpc) is 3.28.